The van der Waals surface area contributed by atoms with Gasteiger partial charge in [0.05, 0.1) is 0 Å². The summed E-state index contributed by atoms with van der Waals surface area (Å²) in [4.78, 5) is 0. The number of unbranched alkanes of at least 4 members (excludes halogenated alkanes) is 3. The molecule has 92 valence electrons. The van der Waals surface area contributed by atoms with Crippen molar-refractivity contribution < 1.29 is 0 Å². The predicted molar refractivity (Wildman–Crippen MR) is 75.4 cm³/mol. The second kappa shape index (κ2) is 9.75. The van der Waals surface area contributed by atoms with Gasteiger partial charge in [0, 0.05) is 0 Å². The van der Waals surface area contributed by atoms with Crippen LogP contribution in [0.3, 0.4) is 0 Å². The molecule has 0 aliphatic carbocycles. The fraction of sp³-hybridized carbons (Fsp3) is 1.00. The van der Waals surface area contributed by atoms with Crippen LogP contribution in [0.5, 0.6) is 0 Å². The Hall–Kier alpha value is 0.543. The van der Waals surface area contributed by atoms with Crippen molar-refractivity contribution in [3.05, 3.63) is 0 Å². The van der Waals surface area contributed by atoms with Crippen molar-refractivity contribution in [2.24, 2.45) is 0 Å². The van der Waals surface area contributed by atoms with Crippen LogP contribution in [0, 0.1) is 0 Å². The molecule has 0 saturated heterocycles. The molecule has 0 aromatic rings. The first kappa shape index (κ1) is 15.5. The van der Waals surface area contributed by atoms with Gasteiger partial charge < -0.3 is 0 Å². The van der Waals surface area contributed by atoms with Crippen LogP contribution in [-0.2, 0) is 0 Å². The van der Waals surface area contributed by atoms with E-state index in [4.69, 9.17) is 0 Å². The van der Waals surface area contributed by atoms with E-state index in [0.29, 0.717) is 0 Å². The molecule has 0 unspecified atom stereocenters. The van der Waals surface area contributed by atoms with Crippen LogP contribution in [0.2, 0.25) is 21.0 Å². The Bertz CT molecular complexity index is 110. The minimum atomic E-state index is -1.37. The van der Waals surface area contributed by atoms with Gasteiger partial charge in [-0.05, 0) is 0 Å². The molecule has 1 heteroatoms. The second-order valence-corrected chi connectivity index (χ2v) is 16.1. The van der Waals surface area contributed by atoms with Gasteiger partial charge in [-0.15, -0.1) is 0 Å². The van der Waals surface area contributed by atoms with Crippen LogP contribution in [-0.4, -0.2) is 13.3 Å². The molecule has 0 rings (SSSR count). The van der Waals surface area contributed by atoms with Crippen LogP contribution in [0.15, 0.2) is 0 Å². The number of rotatable bonds is 10. The molecule has 0 amide bonds. The minimum absolute atomic E-state index is 1.37. The maximum absolute atomic E-state index is 2.49. The Balaban J connectivity index is 4.16. The van der Waals surface area contributed by atoms with Crippen LogP contribution in [0.1, 0.15) is 66.2 Å². The Morgan fingerprint density at radius 1 is 0.600 bits per heavy atom. The molecule has 0 saturated carbocycles. The quantitative estimate of drug-likeness (QED) is 0.437. The molecule has 0 atom stereocenters. The monoisotopic (exact) mass is 274 g/mol. The summed E-state index contributed by atoms with van der Waals surface area (Å²) in [5.74, 6) is 0. The molecule has 0 bridgehead atoms. The van der Waals surface area contributed by atoms with E-state index in [0.717, 1.165) is 0 Å². The van der Waals surface area contributed by atoms with Crippen molar-refractivity contribution in [2.45, 2.75) is 87.2 Å². The summed E-state index contributed by atoms with van der Waals surface area (Å²) in [6.45, 7) is 9.54. The first-order valence-electron chi connectivity index (χ1n) is 7.24. The van der Waals surface area contributed by atoms with Gasteiger partial charge >= 0.3 is 100 Å². The molecule has 15 heavy (non-hydrogen) atoms. The molecule has 0 aliphatic heterocycles. The van der Waals surface area contributed by atoms with E-state index in [-0.39, 0.29) is 0 Å². The molecule has 0 aromatic heterocycles. The summed E-state index contributed by atoms with van der Waals surface area (Å²) in [6.07, 6.45) is 8.77. The summed E-state index contributed by atoms with van der Waals surface area (Å²) in [5, 5.41) is 6.56. The van der Waals surface area contributed by atoms with Crippen molar-refractivity contribution in [3.63, 3.8) is 0 Å². The third-order valence-corrected chi connectivity index (χ3v) is 16.0. The van der Waals surface area contributed by atoms with Crippen LogP contribution in [0.4, 0.5) is 0 Å². The van der Waals surface area contributed by atoms with E-state index in [9.17, 15) is 0 Å². The molecule has 0 aliphatic rings. The molecule has 0 spiro atoms. The van der Waals surface area contributed by atoms with Gasteiger partial charge in [-0.3, -0.25) is 0 Å². The van der Waals surface area contributed by atoms with Crippen LogP contribution >= 0.6 is 0 Å². The zero-order valence-electron chi connectivity index (χ0n) is 11.6. The van der Waals surface area contributed by atoms with Crippen LogP contribution in [0.25, 0.3) is 0 Å². The molecule has 0 nitrogen and oxygen atoms in total. The average Bonchev–Trinajstić information content (AvgIpc) is 2.29. The SMILES string of the molecule is CCC[CH2][Ge]([CH2]C)([CH2]CCC)[CH2]CCC. The van der Waals surface area contributed by atoms with Gasteiger partial charge in [0.2, 0.25) is 0 Å². The van der Waals surface area contributed by atoms with Crippen LogP contribution < -0.4 is 0 Å². The summed E-state index contributed by atoms with van der Waals surface area (Å²) < 4.78 is 0. The molecular weight excluding hydrogens is 241 g/mol. The number of hydrogen-bond donors (Lipinski definition) is 0. The molecule has 0 radical (unpaired) electrons. The Morgan fingerprint density at radius 2 is 0.933 bits per heavy atom. The van der Waals surface area contributed by atoms with E-state index >= 15 is 0 Å². The summed E-state index contributed by atoms with van der Waals surface area (Å²) in [6, 6.07) is 0. The summed E-state index contributed by atoms with van der Waals surface area (Å²) in [7, 11) is 0. The van der Waals surface area contributed by atoms with E-state index < -0.39 is 13.3 Å². The first-order valence-corrected chi connectivity index (χ1v) is 13.2. The third kappa shape index (κ3) is 6.65. The van der Waals surface area contributed by atoms with Crippen molar-refractivity contribution in [2.75, 3.05) is 0 Å². The third-order valence-electron chi connectivity index (χ3n) is 3.93. The fourth-order valence-electron chi connectivity index (χ4n) is 2.56. The summed E-state index contributed by atoms with van der Waals surface area (Å²) in [5.41, 5.74) is 0. The van der Waals surface area contributed by atoms with E-state index in [2.05, 4.69) is 27.7 Å². The van der Waals surface area contributed by atoms with Crippen molar-refractivity contribution in [1.29, 1.82) is 0 Å². The Kier molecular flexibility index (Phi) is 10.1. The van der Waals surface area contributed by atoms with E-state index in [1.807, 2.05) is 0 Å². The first-order chi connectivity index (χ1) is 7.24. The normalized spacial score (nSPS) is 12.0. The standard InChI is InChI=1S/C14H32Ge/c1-5-9-12-15(8-4,13-10-6-2)14-11-7-3/h5-14H2,1-4H3. The van der Waals surface area contributed by atoms with Gasteiger partial charge in [-0.1, -0.05) is 0 Å². The van der Waals surface area contributed by atoms with E-state index in [1.54, 1.807) is 21.0 Å². The predicted octanol–water partition coefficient (Wildman–Crippen LogP) is 5.86. The summed E-state index contributed by atoms with van der Waals surface area (Å²) >= 11 is -1.37. The molecule has 0 heterocycles. The maximum atomic E-state index is 2.49. The van der Waals surface area contributed by atoms with Crippen molar-refractivity contribution in [3.8, 4) is 0 Å². The average molecular weight is 273 g/mol. The van der Waals surface area contributed by atoms with Gasteiger partial charge in [0.15, 0.2) is 0 Å². The van der Waals surface area contributed by atoms with Crippen molar-refractivity contribution >= 4 is 13.3 Å². The fourth-order valence-corrected chi connectivity index (χ4v) is 13.3. The van der Waals surface area contributed by atoms with Gasteiger partial charge in [0.1, 0.15) is 0 Å². The van der Waals surface area contributed by atoms with Crippen molar-refractivity contribution in [1.82, 2.24) is 0 Å². The van der Waals surface area contributed by atoms with Gasteiger partial charge in [0.25, 0.3) is 0 Å². The zero-order chi connectivity index (χ0) is 11.6. The molecule has 0 fully saturated rings. The zero-order valence-corrected chi connectivity index (χ0v) is 13.7. The topological polar surface area (TPSA) is 0 Å². The number of hydrogen-bond acceptors (Lipinski definition) is 0. The molecule has 0 N–H and O–H groups in total. The Morgan fingerprint density at radius 3 is 1.13 bits per heavy atom. The Labute approximate surface area is 101 Å². The molecule has 0 aromatic carbocycles. The molecular formula is C14H32Ge. The van der Waals surface area contributed by atoms with E-state index in [1.165, 1.54) is 38.5 Å². The van der Waals surface area contributed by atoms with Gasteiger partial charge in [-0.25, -0.2) is 0 Å². The second-order valence-electron chi connectivity index (χ2n) is 5.16. The van der Waals surface area contributed by atoms with Gasteiger partial charge in [-0.2, -0.15) is 0 Å².